The highest BCUT2D eigenvalue weighted by Crippen LogP contribution is 2.30. The van der Waals surface area contributed by atoms with Gasteiger partial charge in [0.2, 0.25) is 5.91 Å². The number of amides is 1. The van der Waals surface area contributed by atoms with Gasteiger partial charge in [-0.15, -0.1) is 0 Å². The number of aromatic nitrogens is 2. The Bertz CT molecular complexity index is 1200. The molecule has 1 aliphatic rings. The predicted molar refractivity (Wildman–Crippen MR) is 132 cm³/mol. The average Bonchev–Trinajstić information content (AvgIpc) is 2.76. The maximum atomic E-state index is 13.3. The summed E-state index contributed by atoms with van der Waals surface area (Å²) >= 11 is 13.4. The summed E-state index contributed by atoms with van der Waals surface area (Å²) in [4.78, 5) is 30.7. The first-order valence-corrected chi connectivity index (χ1v) is 12.5. The summed E-state index contributed by atoms with van der Waals surface area (Å²) in [5, 5.41) is 5.16. The van der Waals surface area contributed by atoms with Crippen molar-refractivity contribution >= 4 is 51.8 Å². The zero-order chi connectivity index (χ0) is 22.8. The zero-order valence-corrected chi connectivity index (χ0v) is 20.3. The van der Waals surface area contributed by atoms with Crippen LogP contribution in [0.25, 0.3) is 16.6 Å². The van der Waals surface area contributed by atoms with Gasteiger partial charge in [0.05, 0.1) is 22.3 Å². The van der Waals surface area contributed by atoms with Crippen LogP contribution in [0.2, 0.25) is 10.0 Å². The molecule has 0 spiro atoms. The van der Waals surface area contributed by atoms with Crippen molar-refractivity contribution in [2.24, 2.45) is 11.8 Å². The summed E-state index contributed by atoms with van der Waals surface area (Å²) < 4.78 is 1.52. The Morgan fingerprint density at radius 2 is 1.84 bits per heavy atom. The molecule has 1 amide bonds. The third-order valence-corrected chi connectivity index (χ3v) is 7.70. The number of nitrogens with zero attached hydrogens (tertiary/aromatic N) is 2. The van der Waals surface area contributed by atoms with Crippen LogP contribution in [-0.2, 0) is 4.79 Å². The van der Waals surface area contributed by atoms with Gasteiger partial charge in [-0.05, 0) is 60.7 Å². The largest absolute Gasteiger partial charge is 0.352 e. The first kappa shape index (κ1) is 23.1. The van der Waals surface area contributed by atoms with E-state index in [-0.39, 0.29) is 23.3 Å². The summed E-state index contributed by atoms with van der Waals surface area (Å²) in [5.74, 6) is 1.17. The molecule has 32 heavy (non-hydrogen) atoms. The number of nitrogens with one attached hydrogen (secondary N) is 1. The van der Waals surface area contributed by atoms with Crippen molar-refractivity contribution in [1.29, 1.82) is 0 Å². The van der Waals surface area contributed by atoms with Gasteiger partial charge in [0.15, 0.2) is 5.16 Å². The van der Waals surface area contributed by atoms with E-state index in [1.807, 2.05) is 0 Å². The van der Waals surface area contributed by atoms with E-state index in [1.165, 1.54) is 22.7 Å². The molecule has 1 N–H and O–H groups in total. The lowest BCUT2D eigenvalue weighted by atomic mass is 9.78. The SMILES string of the molecule is CC1CCCC(NC(=O)CSc2nc3cc(Cl)ccc3c(=O)n2-c2ccc(Cl)cc2)C1C. The highest BCUT2D eigenvalue weighted by atomic mass is 35.5. The normalized spacial score (nSPS) is 20.9. The molecule has 5 nitrogen and oxygen atoms in total. The first-order valence-electron chi connectivity index (χ1n) is 10.7. The van der Waals surface area contributed by atoms with Crippen molar-refractivity contribution in [3.63, 3.8) is 0 Å². The van der Waals surface area contributed by atoms with Crippen molar-refractivity contribution in [2.75, 3.05) is 5.75 Å². The summed E-state index contributed by atoms with van der Waals surface area (Å²) in [6.45, 7) is 4.45. The van der Waals surface area contributed by atoms with Crippen LogP contribution >= 0.6 is 35.0 Å². The molecule has 2 aromatic carbocycles. The van der Waals surface area contributed by atoms with Gasteiger partial charge >= 0.3 is 0 Å². The Hall–Kier alpha value is -2.02. The van der Waals surface area contributed by atoms with E-state index >= 15 is 0 Å². The van der Waals surface area contributed by atoms with Crippen LogP contribution in [0.4, 0.5) is 0 Å². The number of benzene rings is 2. The van der Waals surface area contributed by atoms with Crippen LogP contribution < -0.4 is 10.9 Å². The second-order valence-corrected chi connectivity index (χ2v) is 10.2. The minimum absolute atomic E-state index is 0.0518. The Balaban J connectivity index is 1.63. The van der Waals surface area contributed by atoms with Gasteiger partial charge in [-0.25, -0.2) is 4.98 Å². The van der Waals surface area contributed by atoms with E-state index in [0.717, 1.165) is 12.8 Å². The standard InChI is InChI=1S/C24H25Cl2N3O2S/c1-14-4-3-5-20(15(14)2)27-22(30)13-32-24-28-21-12-17(26)8-11-19(21)23(31)29(24)18-9-6-16(25)7-10-18/h6-12,14-15,20H,3-5,13H2,1-2H3,(H,27,30). The minimum atomic E-state index is -0.216. The number of fused-ring (bicyclic) bond motifs is 1. The van der Waals surface area contributed by atoms with Crippen LogP contribution in [0, 0.1) is 11.8 Å². The van der Waals surface area contributed by atoms with E-state index in [0.29, 0.717) is 43.6 Å². The van der Waals surface area contributed by atoms with Crippen LogP contribution in [0.3, 0.4) is 0 Å². The molecule has 3 unspecified atom stereocenters. The molecule has 0 aliphatic heterocycles. The highest BCUT2D eigenvalue weighted by Gasteiger charge is 2.28. The lowest BCUT2D eigenvalue weighted by Gasteiger charge is -2.34. The summed E-state index contributed by atoms with van der Waals surface area (Å²) in [6, 6.07) is 12.2. The lowest BCUT2D eigenvalue weighted by molar-refractivity contribution is -0.120. The third kappa shape index (κ3) is 4.98. The fraction of sp³-hybridized carbons (Fsp3) is 0.375. The maximum absolute atomic E-state index is 13.3. The number of carbonyl (C=O) groups is 1. The molecule has 1 heterocycles. The smallest absolute Gasteiger partial charge is 0.266 e. The van der Waals surface area contributed by atoms with Gasteiger partial charge in [-0.3, -0.25) is 14.2 Å². The molecule has 1 fully saturated rings. The van der Waals surface area contributed by atoms with E-state index in [9.17, 15) is 9.59 Å². The molecule has 4 rings (SSSR count). The van der Waals surface area contributed by atoms with Crippen LogP contribution in [0.1, 0.15) is 33.1 Å². The van der Waals surface area contributed by atoms with E-state index < -0.39 is 0 Å². The fourth-order valence-corrected chi connectivity index (χ4v) is 5.33. The van der Waals surface area contributed by atoms with Gasteiger partial charge in [-0.2, -0.15) is 0 Å². The Morgan fingerprint density at radius 3 is 2.59 bits per heavy atom. The Morgan fingerprint density at radius 1 is 1.12 bits per heavy atom. The number of halogens is 2. The number of hydrogen-bond acceptors (Lipinski definition) is 4. The molecule has 0 bridgehead atoms. The van der Waals surface area contributed by atoms with Crippen molar-refractivity contribution in [1.82, 2.24) is 14.9 Å². The van der Waals surface area contributed by atoms with Crippen molar-refractivity contribution in [2.45, 2.75) is 44.3 Å². The number of carbonyl (C=O) groups excluding carboxylic acids is 1. The zero-order valence-electron chi connectivity index (χ0n) is 18.0. The third-order valence-electron chi connectivity index (χ3n) is 6.27. The Labute approximate surface area is 201 Å². The number of thioether (sulfide) groups is 1. The lowest BCUT2D eigenvalue weighted by Crippen LogP contribution is -2.44. The number of hydrogen-bond donors (Lipinski definition) is 1. The molecular weight excluding hydrogens is 465 g/mol. The predicted octanol–water partition coefficient (Wildman–Crippen LogP) is 5.73. The van der Waals surface area contributed by atoms with Crippen molar-refractivity contribution < 1.29 is 4.79 Å². The van der Waals surface area contributed by atoms with Crippen molar-refractivity contribution in [3.8, 4) is 5.69 Å². The molecule has 0 radical (unpaired) electrons. The van der Waals surface area contributed by atoms with Gasteiger partial charge < -0.3 is 5.32 Å². The maximum Gasteiger partial charge on any atom is 0.266 e. The van der Waals surface area contributed by atoms with Gasteiger partial charge in [0, 0.05) is 16.1 Å². The summed E-state index contributed by atoms with van der Waals surface area (Å²) in [5.41, 5.74) is 0.929. The van der Waals surface area contributed by atoms with E-state index in [2.05, 4.69) is 24.1 Å². The molecule has 168 valence electrons. The topological polar surface area (TPSA) is 64.0 Å². The molecular formula is C24H25Cl2N3O2S. The average molecular weight is 490 g/mol. The molecule has 8 heteroatoms. The Kier molecular flexibility index (Phi) is 7.13. The molecule has 1 saturated carbocycles. The quantitative estimate of drug-likeness (QED) is 0.367. The number of rotatable bonds is 5. The van der Waals surface area contributed by atoms with Gasteiger partial charge in [0.1, 0.15) is 0 Å². The fourth-order valence-electron chi connectivity index (χ4n) is 4.22. The summed E-state index contributed by atoms with van der Waals surface area (Å²) in [7, 11) is 0. The monoisotopic (exact) mass is 489 g/mol. The second-order valence-electron chi connectivity index (χ2n) is 8.40. The molecule has 1 aromatic heterocycles. The first-order chi connectivity index (χ1) is 15.3. The summed E-state index contributed by atoms with van der Waals surface area (Å²) in [6.07, 6.45) is 3.34. The van der Waals surface area contributed by atoms with Crippen LogP contribution in [0.5, 0.6) is 0 Å². The molecule has 3 aromatic rings. The molecule has 3 atom stereocenters. The highest BCUT2D eigenvalue weighted by molar-refractivity contribution is 7.99. The van der Waals surface area contributed by atoms with E-state index in [4.69, 9.17) is 23.2 Å². The van der Waals surface area contributed by atoms with Crippen LogP contribution in [-0.4, -0.2) is 27.3 Å². The van der Waals surface area contributed by atoms with Crippen molar-refractivity contribution in [3.05, 3.63) is 62.9 Å². The minimum Gasteiger partial charge on any atom is -0.352 e. The van der Waals surface area contributed by atoms with Gasteiger partial charge in [-0.1, -0.05) is 61.7 Å². The van der Waals surface area contributed by atoms with Crippen LogP contribution in [0.15, 0.2) is 52.4 Å². The van der Waals surface area contributed by atoms with E-state index in [1.54, 1.807) is 42.5 Å². The van der Waals surface area contributed by atoms with Gasteiger partial charge in [0.25, 0.3) is 5.56 Å². The second kappa shape index (κ2) is 9.86. The molecule has 1 aliphatic carbocycles. The molecule has 0 saturated heterocycles.